The molecule has 1 N–H and O–H groups in total. The van der Waals surface area contributed by atoms with Crippen molar-refractivity contribution in [2.24, 2.45) is 0 Å². The molecule has 1 heterocycles. The largest absolute Gasteiger partial charge is 0.490 e. The molecule has 1 aromatic carbocycles. The highest BCUT2D eigenvalue weighted by Crippen LogP contribution is 2.33. The Morgan fingerprint density at radius 1 is 1.50 bits per heavy atom. The van der Waals surface area contributed by atoms with Crippen LogP contribution in [-0.2, 0) is 0 Å². The molecule has 0 aliphatic rings. The van der Waals surface area contributed by atoms with Gasteiger partial charge in [-0.15, -0.1) is 11.3 Å². The number of hydrogen-bond acceptors (Lipinski definition) is 3. The van der Waals surface area contributed by atoms with Gasteiger partial charge in [0.1, 0.15) is 4.88 Å². The van der Waals surface area contributed by atoms with Crippen LogP contribution in [0.1, 0.15) is 29.4 Å². The van der Waals surface area contributed by atoms with Crippen LogP contribution in [0, 0.1) is 5.82 Å². The summed E-state index contributed by atoms with van der Waals surface area (Å²) < 4.78 is 19.7. The zero-order valence-electron chi connectivity index (χ0n) is 9.90. The van der Waals surface area contributed by atoms with E-state index >= 15 is 0 Å². The molecule has 5 heteroatoms. The van der Waals surface area contributed by atoms with Crippen LogP contribution in [0.25, 0.3) is 10.1 Å². The summed E-state index contributed by atoms with van der Waals surface area (Å²) in [6.07, 6.45) is 1.84. The lowest BCUT2D eigenvalue weighted by Crippen LogP contribution is -1.98. The fourth-order valence-corrected chi connectivity index (χ4v) is 2.52. The predicted octanol–water partition coefficient (Wildman–Crippen LogP) is 3.92. The molecule has 0 radical (unpaired) electrons. The number of thiophene rings is 1. The van der Waals surface area contributed by atoms with Gasteiger partial charge in [0, 0.05) is 0 Å². The number of benzene rings is 1. The van der Waals surface area contributed by atoms with Crippen LogP contribution in [0.5, 0.6) is 5.75 Å². The van der Waals surface area contributed by atoms with E-state index in [1.54, 1.807) is 12.1 Å². The van der Waals surface area contributed by atoms with Crippen molar-refractivity contribution in [1.29, 1.82) is 0 Å². The van der Waals surface area contributed by atoms with E-state index in [0.717, 1.165) is 24.2 Å². The van der Waals surface area contributed by atoms with Gasteiger partial charge in [-0.1, -0.05) is 13.3 Å². The second-order valence-corrected chi connectivity index (χ2v) is 4.97. The molecule has 96 valence electrons. The van der Waals surface area contributed by atoms with Crippen LogP contribution in [0.3, 0.4) is 0 Å². The van der Waals surface area contributed by atoms with Gasteiger partial charge < -0.3 is 9.84 Å². The maximum Gasteiger partial charge on any atom is 0.345 e. The van der Waals surface area contributed by atoms with Gasteiger partial charge in [0.2, 0.25) is 0 Å². The number of carbonyl (C=O) groups is 1. The molecule has 2 aromatic rings. The lowest BCUT2D eigenvalue weighted by molar-refractivity contribution is 0.0702. The topological polar surface area (TPSA) is 46.5 Å². The molecule has 0 atom stereocenters. The highest BCUT2D eigenvalue weighted by Gasteiger charge is 2.14. The minimum Gasteiger partial charge on any atom is -0.490 e. The van der Waals surface area contributed by atoms with E-state index in [0.29, 0.717) is 16.7 Å². The summed E-state index contributed by atoms with van der Waals surface area (Å²) in [5, 5.41) is 9.47. The Morgan fingerprint density at radius 3 is 2.94 bits per heavy atom. The second-order valence-electron chi connectivity index (χ2n) is 3.91. The van der Waals surface area contributed by atoms with Crippen LogP contribution < -0.4 is 4.74 Å². The first-order valence-electron chi connectivity index (χ1n) is 5.71. The number of fused-ring (bicyclic) bond motifs is 1. The maximum absolute atomic E-state index is 14.1. The van der Waals surface area contributed by atoms with E-state index in [2.05, 4.69) is 0 Å². The van der Waals surface area contributed by atoms with E-state index in [1.165, 1.54) is 6.07 Å². The average molecular weight is 268 g/mol. The third kappa shape index (κ3) is 2.46. The molecule has 3 nitrogen and oxygen atoms in total. The van der Waals surface area contributed by atoms with Crippen LogP contribution in [0.2, 0.25) is 0 Å². The Labute approximate surface area is 108 Å². The van der Waals surface area contributed by atoms with Crippen molar-refractivity contribution in [3.63, 3.8) is 0 Å². The van der Waals surface area contributed by atoms with Gasteiger partial charge in [-0.05, 0) is 30.0 Å². The molecule has 0 spiro atoms. The number of rotatable bonds is 5. The summed E-state index contributed by atoms with van der Waals surface area (Å²) >= 11 is 0.931. The molecule has 1 aromatic heterocycles. The quantitative estimate of drug-likeness (QED) is 0.836. The van der Waals surface area contributed by atoms with Crippen LogP contribution in [-0.4, -0.2) is 17.7 Å². The van der Waals surface area contributed by atoms with Gasteiger partial charge in [0.15, 0.2) is 11.6 Å². The number of carboxylic acids is 1. The van der Waals surface area contributed by atoms with Crippen molar-refractivity contribution >= 4 is 27.4 Å². The summed E-state index contributed by atoms with van der Waals surface area (Å²) in [6.45, 7) is 2.50. The van der Waals surface area contributed by atoms with Gasteiger partial charge in [-0.3, -0.25) is 0 Å². The number of halogens is 1. The lowest BCUT2D eigenvalue weighted by atomic mass is 10.2. The molecule has 0 amide bonds. The first kappa shape index (κ1) is 12.8. The normalized spacial score (nSPS) is 10.8. The second kappa shape index (κ2) is 5.35. The minimum absolute atomic E-state index is 0.134. The van der Waals surface area contributed by atoms with Gasteiger partial charge in [0.05, 0.1) is 11.3 Å². The van der Waals surface area contributed by atoms with Crippen LogP contribution in [0.15, 0.2) is 18.2 Å². The summed E-state index contributed by atoms with van der Waals surface area (Å²) in [6, 6.07) is 4.70. The van der Waals surface area contributed by atoms with Gasteiger partial charge >= 0.3 is 5.97 Å². The highest BCUT2D eigenvalue weighted by atomic mass is 32.1. The van der Waals surface area contributed by atoms with Crippen LogP contribution in [0.4, 0.5) is 4.39 Å². The molecule has 0 unspecified atom stereocenters. The first-order valence-corrected chi connectivity index (χ1v) is 6.53. The fourth-order valence-electron chi connectivity index (χ4n) is 1.59. The summed E-state index contributed by atoms with van der Waals surface area (Å²) in [5.41, 5.74) is 0. The molecule has 0 aliphatic carbocycles. The average Bonchev–Trinajstić information content (AvgIpc) is 2.77. The van der Waals surface area contributed by atoms with Crippen molar-refractivity contribution in [3.05, 3.63) is 28.9 Å². The molecule has 0 saturated heterocycles. The Bertz CT molecular complexity index is 577. The Hall–Kier alpha value is -1.62. The Balaban J connectivity index is 2.34. The molecule has 0 saturated carbocycles. The summed E-state index contributed by atoms with van der Waals surface area (Å²) in [7, 11) is 0. The summed E-state index contributed by atoms with van der Waals surface area (Å²) in [5.74, 6) is -1.32. The van der Waals surface area contributed by atoms with E-state index in [1.807, 2.05) is 6.92 Å². The number of aromatic carboxylic acids is 1. The zero-order chi connectivity index (χ0) is 13.1. The van der Waals surface area contributed by atoms with Gasteiger partial charge in [0.25, 0.3) is 0 Å². The zero-order valence-corrected chi connectivity index (χ0v) is 10.7. The van der Waals surface area contributed by atoms with Crippen molar-refractivity contribution in [1.82, 2.24) is 0 Å². The number of unbranched alkanes of at least 4 members (excludes halogenated alkanes) is 1. The molecular formula is C13H13FO3S. The van der Waals surface area contributed by atoms with Crippen molar-refractivity contribution < 1.29 is 19.0 Å². The standard InChI is InChI=1S/C13H13FO3S/c1-2-3-6-17-9-5-4-8-7-10(13(15)16)18-12(8)11(9)14/h4-5,7H,2-3,6H2,1H3,(H,15,16). The third-order valence-corrected chi connectivity index (χ3v) is 3.69. The number of carboxylic acid groups (broad SMARTS) is 1. The monoisotopic (exact) mass is 268 g/mol. The summed E-state index contributed by atoms with van der Waals surface area (Å²) in [4.78, 5) is 11.0. The number of hydrogen-bond donors (Lipinski definition) is 1. The molecule has 2 rings (SSSR count). The van der Waals surface area contributed by atoms with Gasteiger partial charge in [-0.25, -0.2) is 9.18 Å². The third-order valence-electron chi connectivity index (χ3n) is 2.56. The van der Waals surface area contributed by atoms with Crippen molar-refractivity contribution in [3.8, 4) is 5.75 Å². The fraction of sp³-hybridized carbons (Fsp3) is 0.308. The minimum atomic E-state index is -1.04. The molecular weight excluding hydrogens is 255 g/mol. The Kier molecular flexibility index (Phi) is 3.81. The molecule has 18 heavy (non-hydrogen) atoms. The SMILES string of the molecule is CCCCOc1ccc2cc(C(=O)O)sc2c1F. The van der Waals surface area contributed by atoms with Crippen LogP contribution >= 0.6 is 11.3 Å². The highest BCUT2D eigenvalue weighted by molar-refractivity contribution is 7.20. The lowest BCUT2D eigenvalue weighted by Gasteiger charge is -2.06. The number of ether oxygens (including phenoxy) is 1. The van der Waals surface area contributed by atoms with Gasteiger partial charge in [-0.2, -0.15) is 0 Å². The molecule has 0 aliphatic heterocycles. The first-order chi connectivity index (χ1) is 8.63. The maximum atomic E-state index is 14.1. The van der Waals surface area contributed by atoms with E-state index in [9.17, 15) is 9.18 Å². The van der Waals surface area contributed by atoms with E-state index in [4.69, 9.17) is 9.84 Å². The molecule has 0 bridgehead atoms. The predicted molar refractivity (Wildman–Crippen MR) is 69.1 cm³/mol. The smallest absolute Gasteiger partial charge is 0.345 e. The molecule has 0 fully saturated rings. The van der Waals surface area contributed by atoms with Crippen molar-refractivity contribution in [2.45, 2.75) is 19.8 Å². The van der Waals surface area contributed by atoms with Crippen molar-refractivity contribution in [2.75, 3.05) is 6.61 Å². The Morgan fingerprint density at radius 2 is 2.28 bits per heavy atom. The van der Waals surface area contributed by atoms with E-state index < -0.39 is 11.8 Å². The van der Waals surface area contributed by atoms with E-state index in [-0.39, 0.29) is 10.6 Å².